The molecule has 14 nitrogen and oxygen atoms in total. The molecule has 5 atom stereocenters. The summed E-state index contributed by atoms with van der Waals surface area (Å²) in [7, 11) is 3.94. The molecule has 2 fully saturated rings. The number of nitrogens with zero attached hydrogens (tertiary/aromatic N) is 3. The minimum Gasteiger partial charge on any atom is -0.492 e. The van der Waals surface area contributed by atoms with Crippen LogP contribution in [0.15, 0.2) is 30.4 Å². The lowest BCUT2D eigenvalue weighted by Gasteiger charge is -2.30. The summed E-state index contributed by atoms with van der Waals surface area (Å²) in [5, 5.41) is 15.5. The number of amides is 4. The average Bonchev–Trinajstić information content (AvgIpc) is 3.34. The molecule has 14 heteroatoms. The van der Waals surface area contributed by atoms with E-state index >= 15 is 0 Å². The van der Waals surface area contributed by atoms with Crippen LogP contribution in [-0.2, 0) is 36.9 Å². The number of fused-ring (bicyclic) bond motifs is 3. The number of hydrogen-bond donors (Lipinski definition) is 3. The van der Waals surface area contributed by atoms with Crippen LogP contribution in [0.25, 0.3) is 0 Å². The zero-order valence-electron chi connectivity index (χ0n) is 29.7. The number of carboxylic acid groups (broad SMARTS) is 1. The molecule has 1 aliphatic carbocycles. The van der Waals surface area contributed by atoms with Crippen LogP contribution in [0.2, 0.25) is 0 Å². The third-order valence-electron chi connectivity index (χ3n) is 9.55. The van der Waals surface area contributed by atoms with E-state index in [-0.39, 0.29) is 25.3 Å². The van der Waals surface area contributed by atoms with E-state index in [4.69, 9.17) is 14.2 Å². The molecule has 1 unspecified atom stereocenters. The number of rotatable bonds is 7. The van der Waals surface area contributed by atoms with E-state index in [0.29, 0.717) is 38.3 Å². The summed E-state index contributed by atoms with van der Waals surface area (Å²) in [6.45, 7) is 7.02. The van der Waals surface area contributed by atoms with Crippen molar-refractivity contribution in [2.75, 3.05) is 33.8 Å². The highest BCUT2D eigenvalue weighted by molar-refractivity contribution is 5.96. The van der Waals surface area contributed by atoms with E-state index in [0.717, 1.165) is 36.9 Å². The lowest BCUT2D eigenvalue weighted by Crippen LogP contribution is -2.56. The number of carboxylic acids is 1. The molecule has 3 heterocycles. The quantitative estimate of drug-likeness (QED) is 0.360. The molecule has 0 radical (unpaired) electrons. The highest BCUT2D eigenvalue weighted by atomic mass is 16.6. The highest BCUT2D eigenvalue weighted by Gasteiger charge is 2.61. The molecule has 1 aromatic carbocycles. The van der Waals surface area contributed by atoms with E-state index in [1.165, 1.54) is 4.90 Å². The van der Waals surface area contributed by atoms with Gasteiger partial charge in [0.05, 0.1) is 6.54 Å². The summed E-state index contributed by atoms with van der Waals surface area (Å²) in [6.07, 6.45) is 5.08. The third-order valence-corrected chi connectivity index (χ3v) is 9.55. The molecular formula is C36H51N5O9. The van der Waals surface area contributed by atoms with E-state index in [9.17, 15) is 29.1 Å². The summed E-state index contributed by atoms with van der Waals surface area (Å²) >= 11 is 0. The lowest BCUT2D eigenvalue weighted by atomic mass is 10.0. The van der Waals surface area contributed by atoms with Gasteiger partial charge in [-0.2, -0.15) is 0 Å². The SMILES string of the molecule is CN(C)CCOc1ccc2c(c1)CN(C(=O)O[C@@H]1CC3C(=O)N[C@]4(C(=O)O)C[C@H]4/C=C\CCCCC[C@H](NC(=O)OC(C)(C)C)C(=O)N3C1)C2. The fourth-order valence-corrected chi connectivity index (χ4v) is 6.75. The van der Waals surface area contributed by atoms with Crippen LogP contribution in [0.1, 0.15) is 76.8 Å². The van der Waals surface area contributed by atoms with Crippen molar-refractivity contribution in [3.63, 3.8) is 0 Å². The molecule has 3 N–H and O–H groups in total. The van der Waals surface area contributed by atoms with Crippen molar-refractivity contribution in [1.29, 1.82) is 0 Å². The van der Waals surface area contributed by atoms with Crippen LogP contribution in [0.4, 0.5) is 9.59 Å². The van der Waals surface area contributed by atoms with Gasteiger partial charge in [-0.15, -0.1) is 0 Å². The zero-order valence-corrected chi connectivity index (χ0v) is 29.7. The van der Waals surface area contributed by atoms with Gasteiger partial charge in [-0.25, -0.2) is 14.4 Å². The van der Waals surface area contributed by atoms with Crippen LogP contribution < -0.4 is 15.4 Å². The third kappa shape index (κ3) is 9.06. The van der Waals surface area contributed by atoms with E-state index in [1.54, 1.807) is 25.7 Å². The molecule has 0 bridgehead atoms. The monoisotopic (exact) mass is 697 g/mol. The summed E-state index contributed by atoms with van der Waals surface area (Å²) in [5.41, 5.74) is -0.349. The predicted octanol–water partition coefficient (Wildman–Crippen LogP) is 3.42. The Balaban J connectivity index is 1.32. The van der Waals surface area contributed by atoms with Gasteiger partial charge in [0.15, 0.2) is 0 Å². The number of carbonyl (C=O) groups excluding carboxylic acids is 4. The summed E-state index contributed by atoms with van der Waals surface area (Å²) in [5.74, 6) is -1.96. The molecule has 0 aromatic heterocycles. The van der Waals surface area contributed by atoms with Crippen molar-refractivity contribution >= 4 is 30.0 Å². The number of hydrogen-bond acceptors (Lipinski definition) is 9. The van der Waals surface area contributed by atoms with Crippen molar-refractivity contribution in [2.45, 2.75) is 108 Å². The molecule has 3 aliphatic heterocycles. The van der Waals surface area contributed by atoms with E-state index in [1.807, 2.05) is 49.3 Å². The maximum Gasteiger partial charge on any atom is 0.410 e. The van der Waals surface area contributed by atoms with Gasteiger partial charge in [-0.1, -0.05) is 31.1 Å². The smallest absolute Gasteiger partial charge is 0.410 e. The van der Waals surface area contributed by atoms with Gasteiger partial charge >= 0.3 is 18.2 Å². The number of aliphatic carboxylic acids is 1. The Morgan fingerprint density at radius 3 is 2.58 bits per heavy atom. The first-order valence-corrected chi connectivity index (χ1v) is 17.5. The Morgan fingerprint density at radius 1 is 1.10 bits per heavy atom. The first-order valence-electron chi connectivity index (χ1n) is 17.5. The highest BCUT2D eigenvalue weighted by Crippen LogP contribution is 2.45. The van der Waals surface area contributed by atoms with Gasteiger partial charge in [0, 0.05) is 32.0 Å². The number of nitrogens with one attached hydrogen (secondary N) is 2. The van der Waals surface area contributed by atoms with Crippen LogP contribution in [-0.4, -0.2) is 113 Å². The van der Waals surface area contributed by atoms with Crippen LogP contribution in [0, 0.1) is 5.92 Å². The van der Waals surface area contributed by atoms with Gasteiger partial charge in [0.1, 0.15) is 41.7 Å². The second kappa shape index (κ2) is 15.3. The molecular weight excluding hydrogens is 646 g/mol. The second-order valence-corrected chi connectivity index (χ2v) is 15.0. The summed E-state index contributed by atoms with van der Waals surface area (Å²) in [4.78, 5) is 71.6. The molecule has 1 saturated carbocycles. The number of benzene rings is 1. The van der Waals surface area contributed by atoms with Crippen molar-refractivity contribution in [2.24, 2.45) is 5.92 Å². The van der Waals surface area contributed by atoms with Crippen LogP contribution >= 0.6 is 0 Å². The summed E-state index contributed by atoms with van der Waals surface area (Å²) in [6, 6.07) is 3.61. The van der Waals surface area contributed by atoms with Crippen molar-refractivity contribution in [3.05, 3.63) is 41.5 Å². The maximum atomic E-state index is 14.2. The number of alkyl carbamates (subject to hydrolysis) is 1. The number of carbonyl (C=O) groups is 5. The Morgan fingerprint density at radius 2 is 1.86 bits per heavy atom. The standard InChI is InChI=1S/C36H51N5O9/c1-35(2,3)50-33(46)37-28-12-10-8-6-7-9-11-25-19-36(25,32(44)45)38-30(42)29-18-27(22-41(29)31(28)43)49-34(47)40-20-23-13-14-26(17-24(23)21-40)48-16-15-39(4)5/h9,11,13-14,17,25,27-29H,6-8,10,12,15-16,18-22H2,1-5H3,(H,37,46)(H,38,42)(H,44,45)/b11-9-/t25-,27-,28+,29?,36-/m1/s1. The summed E-state index contributed by atoms with van der Waals surface area (Å²) < 4.78 is 17.2. The predicted molar refractivity (Wildman–Crippen MR) is 182 cm³/mol. The van der Waals surface area contributed by atoms with Crippen LogP contribution in [0.5, 0.6) is 5.75 Å². The number of ether oxygens (including phenoxy) is 3. The molecule has 5 rings (SSSR count). The zero-order chi connectivity index (χ0) is 36.2. The van der Waals surface area contributed by atoms with Crippen LogP contribution in [0.3, 0.4) is 0 Å². The van der Waals surface area contributed by atoms with Gasteiger partial charge in [-0.05, 0) is 83.8 Å². The largest absolute Gasteiger partial charge is 0.492 e. The fourth-order valence-electron chi connectivity index (χ4n) is 6.75. The Labute approximate surface area is 293 Å². The molecule has 274 valence electrons. The van der Waals surface area contributed by atoms with E-state index in [2.05, 4.69) is 10.6 Å². The Kier molecular flexibility index (Phi) is 11.3. The fraction of sp³-hybridized carbons (Fsp3) is 0.639. The first-order chi connectivity index (χ1) is 23.6. The molecule has 1 saturated heterocycles. The minimum atomic E-state index is -1.47. The van der Waals surface area contributed by atoms with Crippen molar-refractivity contribution in [3.8, 4) is 5.75 Å². The van der Waals surface area contributed by atoms with Crippen molar-refractivity contribution in [1.82, 2.24) is 25.3 Å². The van der Waals surface area contributed by atoms with Gasteiger partial charge in [0.25, 0.3) is 0 Å². The minimum absolute atomic E-state index is 0.0245. The van der Waals surface area contributed by atoms with E-state index < -0.39 is 59.3 Å². The normalized spacial score (nSPS) is 27.6. The molecule has 1 aromatic rings. The maximum absolute atomic E-state index is 14.2. The van der Waals surface area contributed by atoms with Gasteiger partial charge in [0.2, 0.25) is 11.8 Å². The molecule has 4 amide bonds. The Hall–Kier alpha value is -4.33. The Bertz CT molecular complexity index is 1490. The van der Waals surface area contributed by atoms with Gasteiger partial charge < -0.3 is 39.8 Å². The average molecular weight is 698 g/mol. The molecule has 0 spiro atoms. The molecule has 4 aliphatic rings. The lowest BCUT2D eigenvalue weighted by molar-refractivity contribution is -0.145. The second-order valence-electron chi connectivity index (χ2n) is 15.0. The molecule has 50 heavy (non-hydrogen) atoms. The number of allylic oxidation sites excluding steroid dienone is 1. The number of likely N-dealkylation sites (N-methyl/N-ethyl adjacent to an activating group) is 1. The first kappa shape index (κ1) is 36.9. The van der Waals surface area contributed by atoms with Gasteiger partial charge in [-0.3, -0.25) is 14.5 Å². The topological polar surface area (TPSA) is 167 Å². The van der Waals surface area contributed by atoms with Crippen molar-refractivity contribution < 1.29 is 43.3 Å².